The molecule has 2 aromatic rings. The highest BCUT2D eigenvalue weighted by molar-refractivity contribution is 6.00. The van der Waals surface area contributed by atoms with E-state index in [1.807, 2.05) is 64.4 Å². The highest BCUT2D eigenvalue weighted by Crippen LogP contribution is 2.30. The minimum Gasteiger partial charge on any atom is -0.497 e. The van der Waals surface area contributed by atoms with E-state index < -0.39 is 0 Å². The fraction of sp³-hybridized carbons (Fsp3) is 0.444. The summed E-state index contributed by atoms with van der Waals surface area (Å²) in [4.78, 5) is 44.7. The van der Waals surface area contributed by atoms with E-state index in [-0.39, 0.29) is 36.1 Å². The van der Waals surface area contributed by atoms with Gasteiger partial charge in [0.25, 0.3) is 5.91 Å². The van der Waals surface area contributed by atoms with Crippen LogP contribution < -0.4 is 9.64 Å². The zero-order valence-electron chi connectivity index (χ0n) is 20.0. The molecule has 2 aromatic carbocycles. The summed E-state index contributed by atoms with van der Waals surface area (Å²) in [5.41, 5.74) is 1.46. The van der Waals surface area contributed by atoms with Crippen molar-refractivity contribution in [2.24, 2.45) is 5.92 Å². The van der Waals surface area contributed by atoms with Gasteiger partial charge in [-0.2, -0.15) is 0 Å². The molecule has 7 heteroatoms. The molecule has 0 N–H and O–H groups in total. The molecule has 4 rings (SSSR count). The third kappa shape index (κ3) is 5.08. The number of benzene rings is 2. The van der Waals surface area contributed by atoms with Crippen LogP contribution in [0.4, 0.5) is 5.69 Å². The van der Waals surface area contributed by atoms with Crippen LogP contribution in [0.3, 0.4) is 0 Å². The topological polar surface area (TPSA) is 70.2 Å². The fourth-order valence-electron chi connectivity index (χ4n) is 4.99. The zero-order chi connectivity index (χ0) is 24.1. The molecule has 0 saturated carbocycles. The van der Waals surface area contributed by atoms with E-state index in [9.17, 15) is 14.4 Å². The van der Waals surface area contributed by atoms with Crippen molar-refractivity contribution < 1.29 is 19.1 Å². The lowest BCUT2D eigenvalue weighted by molar-refractivity contribution is -0.139. The first-order valence-electron chi connectivity index (χ1n) is 12.1. The van der Waals surface area contributed by atoms with Crippen LogP contribution in [-0.2, 0) is 9.59 Å². The van der Waals surface area contributed by atoms with Gasteiger partial charge in [-0.05, 0) is 43.5 Å². The summed E-state index contributed by atoms with van der Waals surface area (Å²) in [5, 5.41) is 0. The summed E-state index contributed by atoms with van der Waals surface area (Å²) >= 11 is 0. The Hall–Kier alpha value is -3.35. The Kier molecular flexibility index (Phi) is 7.50. The molecule has 1 atom stereocenters. The third-order valence-corrected chi connectivity index (χ3v) is 6.80. The molecule has 1 unspecified atom stereocenters. The Balaban J connectivity index is 1.40. The van der Waals surface area contributed by atoms with Gasteiger partial charge in [0.1, 0.15) is 5.75 Å². The molecule has 0 aromatic heterocycles. The average Bonchev–Trinajstić information content (AvgIpc) is 3.28. The molecule has 2 fully saturated rings. The van der Waals surface area contributed by atoms with E-state index in [0.717, 1.165) is 24.9 Å². The largest absolute Gasteiger partial charge is 0.497 e. The van der Waals surface area contributed by atoms with Gasteiger partial charge in [-0.1, -0.05) is 31.2 Å². The first-order valence-corrected chi connectivity index (χ1v) is 12.1. The van der Waals surface area contributed by atoms with Gasteiger partial charge in [0.2, 0.25) is 11.8 Å². The van der Waals surface area contributed by atoms with Gasteiger partial charge in [0, 0.05) is 56.0 Å². The molecular weight excluding hydrogens is 430 g/mol. The quantitative estimate of drug-likeness (QED) is 0.629. The van der Waals surface area contributed by atoms with Gasteiger partial charge < -0.3 is 19.4 Å². The van der Waals surface area contributed by atoms with Gasteiger partial charge in [-0.25, -0.2) is 0 Å². The number of carbonyl (C=O) groups excluding carboxylic acids is 3. The Labute approximate surface area is 201 Å². The Morgan fingerprint density at radius 1 is 1.06 bits per heavy atom. The number of carbonyl (C=O) groups is 3. The predicted molar refractivity (Wildman–Crippen MR) is 131 cm³/mol. The van der Waals surface area contributed by atoms with E-state index in [0.29, 0.717) is 37.5 Å². The molecule has 0 aliphatic carbocycles. The highest BCUT2D eigenvalue weighted by Gasteiger charge is 2.39. The molecule has 3 amide bonds. The number of rotatable bonds is 7. The van der Waals surface area contributed by atoms with Gasteiger partial charge in [-0.15, -0.1) is 0 Å². The van der Waals surface area contributed by atoms with Crippen molar-refractivity contribution in [1.82, 2.24) is 9.80 Å². The maximum Gasteiger partial charge on any atom is 0.253 e. The zero-order valence-corrected chi connectivity index (χ0v) is 20.0. The fourth-order valence-corrected chi connectivity index (χ4v) is 4.99. The van der Waals surface area contributed by atoms with Gasteiger partial charge in [-0.3, -0.25) is 14.4 Å². The van der Waals surface area contributed by atoms with Gasteiger partial charge in [0.15, 0.2) is 0 Å². The van der Waals surface area contributed by atoms with Crippen molar-refractivity contribution in [3.05, 3.63) is 60.2 Å². The maximum atomic E-state index is 13.6. The molecular formula is C27H33N3O4. The summed E-state index contributed by atoms with van der Waals surface area (Å²) < 4.78 is 5.29. The second-order valence-electron chi connectivity index (χ2n) is 9.03. The highest BCUT2D eigenvalue weighted by atomic mass is 16.5. The van der Waals surface area contributed by atoms with Crippen molar-refractivity contribution in [3.8, 4) is 5.75 Å². The lowest BCUT2D eigenvalue weighted by Gasteiger charge is -2.39. The van der Waals surface area contributed by atoms with Crippen LogP contribution in [0, 0.1) is 5.92 Å². The summed E-state index contributed by atoms with van der Waals surface area (Å²) in [6.07, 6.45) is 2.59. The molecule has 2 saturated heterocycles. The van der Waals surface area contributed by atoms with Crippen LogP contribution >= 0.6 is 0 Å². The van der Waals surface area contributed by atoms with Crippen LogP contribution in [0.25, 0.3) is 0 Å². The second kappa shape index (κ2) is 10.7. The molecule has 0 spiro atoms. The van der Waals surface area contributed by atoms with Gasteiger partial charge in [0.05, 0.1) is 13.0 Å². The van der Waals surface area contributed by atoms with Crippen molar-refractivity contribution >= 4 is 23.4 Å². The number of hydrogen-bond donors (Lipinski definition) is 0. The third-order valence-electron chi connectivity index (χ3n) is 6.80. The Bertz CT molecular complexity index is 1020. The lowest BCUT2D eigenvalue weighted by Crippen LogP contribution is -2.50. The van der Waals surface area contributed by atoms with E-state index in [1.165, 1.54) is 0 Å². The summed E-state index contributed by atoms with van der Waals surface area (Å²) in [6, 6.07) is 16.8. The standard InChI is InChI=1S/C27H33N3O4/c1-3-14-29(22-12-15-28(16-13-22)26(32)20-8-5-4-6-9-20)27(33)21-17-25(31)30(19-21)23-10-7-11-24(18-23)34-2/h4-11,18,21-22H,3,12-17,19H2,1-2H3. The van der Waals surface area contributed by atoms with Crippen molar-refractivity contribution in [2.75, 3.05) is 38.2 Å². The molecule has 180 valence electrons. The summed E-state index contributed by atoms with van der Waals surface area (Å²) in [7, 11) is 1.60. The van der Waals surface area contributed by atoms with E-state index in [4.69, 9.17) is 4.74 Å². The molecule has 7 nitrogen and oxygen atoms in total. The molecule has 0 bridgehead atoms. The number of nitrogens with zero attached hydrogens (tertiary/aromatic N) is 3. The molecule has 34 heavy (non-hydrogen) atoms. The number of amides is 3. The normalized spacial score (nSPS) is 18.8. The number of anilines is 1. The monoisotopic (exact) mass is 463 g/mol. The van der Waals surface area contributed by atoms with Crippen LogP contribution in [0.2, 0.25) is 0 Å². The van der Waals surface area contributed by atoms with E-state index >= 15 is 0 Å². The van der Waals surface area contributed by atoms with Crippen LogP contribution in [0.5, 0.6) is 5.75 Å². The van der Waals surface area contributed by atoms with E-state index in [2.05, 4.69) is 6.92 Å². The average molecular weight is 464 g/mol. The number of methoxy groups -OCH3 is 1. The first-order chi connectivity index (χ1) is 16.5. The molecule has 0 radical (unpaired) electrons. The molecule has 2 aliphatic rings. The maximum absolute atomic E-state index is 13.6. The van der Waals surface area contributed by atoms with Crippen LogP contribution in [-0.4, -0.2) is 66.9 Å². The first kappa shape index (κ1) is 23.8. The van der Waals surface area contributed by atoms with Gasteiger partial charge >= 0.3 is 0 Å². The smallest absolute Gasteiger partial charge is 0.253 e. The lowest BCUT2D eigenvalue weighted by atomic mass is 9.98. The minimum absolute atomic E-state index is 0.0358. The molecule has 2 aliphatic heterocycles. The Morgan fingerprint density at radius 3 is 2.47 bits per heavy atom. The number of piperidine rings is 1. The van der Waals surface area contributed by atoms with E-state index in [1.54, 1.807) is 12.0 Å². The SMILES string of the molecule is CCCN(C(=O)C1CC(=O)N(c2cccc(OC)c2)C1)C1CCN(C(=O)c2ccccc2)CC1. The Morgan fingerprint density at radius 2 is 1.79 bits per heavy atom. The van der Waals surface area contributed by atoms with Crippen molar-refractivity contribution in [1.29, 1.82) is 0 Å². The second-order valence-corrected chi connectivity index (χ2v) is 9.03. The minimum atomic E-state index is -0.353. The predicted octanol–water partition coefficient (Wildman–Crippen LogP) is 3.59. The molecule has 2 heterocycles. The number of ether oxygens (including phenoxy) is 1. The summed E-state index contributed by atoms with van der Waals surface area (Å²) in [6.45, 7) is 4.38. The summed E-state index contributed by atoms with van der Waals surface area (Å²) in [5.74, 6) is 0.390. The number of likely N-dealkylation sites (tertiary alicyclic amines) is 1. The van der Waals surface area contributed by atoms with Crippen molar-refractivity contribution in [3.63, 3.8) is 0 Å². The number of hydrogen-bond acceptors (Lipinski definition) is 4. The van der Waals surface area contributed by atoms with Crippen LogP contribution in [0.1, 0.15) is 43.0 Å². The van der Waals surface area contributed by atoms with Crippen LogP contribution in [0.15, 0.2) is 54.6 Å². The van der Waals surface area contributed by atoms with Crippen molar-refractivity contribution in [2.45, 2.75) is 38.6 Å².